The molecule has 0 saturated carbocycles. The highest BCUT2D eigenvalue weighted by molar-refractivity contribution is 5.44. The predicted molar refractivity (Wildman–Crippen MR) is 62.8 cm³/mol. The molecule has 0 radical (unpaired) electrons. The van der Waals surface area contributed by atoms with E-state index in [0.29, 0.717) is 19.4 Å². The highest BCUT2D eigenvalue weighted by Gasteiger charge is 2.13. The fourth-order valence-electron chi connectivity index (χ4n) is 1.82. The summed E-state index contributed by atoms with van der Waals surface area (Å²) in [7, 11) is 0. The first-order chi connectivity index (χ1) is 7.79. The summed E-state index contributed by atoms with van der Waals surface area (Å²) in [4.78, 5) is 0. The van der Waals surface area contributed by atoms with Crippen LogP contribution >= 0.6 is 0 Å². The molecule has 4 nitrogen and oxygen atoms in total. The second kappa shape index (κ2) is 5.18. The van der Waals surface area contributed by atoms with Gasteiger partial charge in [0.25, 0.3) is 0 Å². The lowest BCUT2D eigenvalue weighted by molar-refractivity contribution is 0.174. The van der Waals surface area contributed by atoms with Gasteiger partial charge in [0, 0.05) is 19.1 Å². The number of rotatable bonds is 5. The number of nitrogens with two attached hydrogens (primary N) is 1. The van der Waals surface area contributed by atoms with Crippen LogP contribution in [0.3, 0.4) is 0 Å². The molecule has 0 spiro atoms. The third-order valence-electron chi connectivity index (χ3n) is 2.62. The van der Waals surface area contributed by atoms with Crippen molar-refractivity contribution in [1.29, 1.82) is 0 Å². The molecule has 1 heterocycles. The Morgan fingerprint density at radius 1 is 1.38 bits per heavy atom. The lowest BCUT2D eigenvalue weighted by Crippen LogP contribution is -2.32. The Hall–Kier alpha value is -1.26. The SMILES string of the molecule is CC(Cc1ccc2c(c1)OCO2)NCCN. The average Bonchev–Trinajstić information content (AvgIpc) is 2.73. The first kappa shape index (κ1) is 11.2. The van der Waals surface area contributed by atoms with Gasteiger partial charge in [0.05, 0.1) is 0 Å². The molecule has 1 aliphatic heterocycles. The fraction of sp³-hybridized carbons (Fsp3) is 0.500. The van der Waals surface area contributed by atoms with Gasteiger partial charge in [-0.1, -0.05) is 6.07 Å². The minimum atomic E-state index is 0.333. The zero-order valence-corrected chi connectivity index (χ0v) is 9.53. The topological polar surface area (TPSA) is 56.5 Å². The van der Waals surface area contributed by atoms with Crippen LogP contribution in [0.4, 0.5) is 0 Å². The maximum absolute atomic E-state index is 5.44. The molecule has 0 aromatic heterocycles. The van der Waals surface area contributed by atoms with Gasteiger partial charge in [-0.2, -0.15) is 0 Å². The van der Waals surface area contributed by atoms with E-state index in [1.54, 1.807) is 0 Å². The standard InChI is InChI=1S/C12H18N2O2/c1-9(14-5-4-13)6-10-2-3-11-12(7-10)16-8-15-11/h2-3,7,9,14H,4-6,8,13H2,1H3. The van der Waals surface area contributed by atoms with Gasteiger partial charge in [0.1, 0.15) is 0 Å². The largest absolute Gasteiger partial charge is 0.454 e. The molecule has 0 saturated heterocycles. The number of hydrogen-bond acceptors (Lipinski definition) is 4. The summed E-state index contributed by atoms with van der Waals surface area (Å²) in [6, 6.07) is 6.51. The zero-order valence-electron chi connectivity index (χ0n) is 9.53. The fourth-order valence-corrected chi connectivity index (χ4v) is 1.82. The third-order valence-corrected chi connectivity index (χ3v) is 2.62. The molecular weight excluding hydrogens is 204 g/mol. The maximum Gasteiger partial charge on any atom is 0.231 e. The summed E-state index contributed by atoms with van der Waals surface area (Å²) in [6.07, 6.45) is 0.969. The van der Waals surface area contributed by atoms with E-state index >= 15 is 0 Å². The minimum absolute atomic E-state index is 0.333. The summed E-state index contributed by atoms with van der Waals surface area (Å²) < 4.78 is 10.6. The Morgan fingerprint density at radius 2 is 2.19 bits per heavy atom. The number of benzene rings is 1. The van der Waals surface area contributed by atoms with Crippen molar-refractivity contribution < 1.29 is 9.47 Å². The van der Waals surface area contributed by atoms with E-state index in [4.69, 9.17) is 15.2 Å². The van der Waals surface area contributed by atoms with Gasteiger partial charge in [-0.3, -0.25) is 0 Å². The number of nitrogens with one attached hydrogen (secondary N) is 1. The highest BCUT2D eigenvalue weighted by Crippen LogP contribution is 2.32. The maximum atomic E-state index is 5.44. The van der Waals surface area contributed by atoms with Crippen molar-refractivity contribution in [2.75, 3.05) is 19.9 Å². The lowest BCUT2D eigenvalue weighted by atomic mass is 10.1. The van der Waals surface area contributed by atoms with Crippen LogP contribution < -0.4 is 20.5 Å². The van der Waals surface area contributed by atoms with Gasteiger partial charge in [0.15, 0.2) is 11.5 Å². The number of ether oxygens (including phenoxy) is 2. The van der Waals surface area contributed by atoms with E-state index in [2.05, 4.69) is 18.3 Å². The summed E-state index contributed by atoms with van der Waals surface area (Å²) >= 11 is 0. The molecule has 1 unspecified atom stereocenters. The second-order valence-corrected chi connectivity index (χ2v) is 4.04. The third kappa shape index (κ3) is 2.65. The average molecular weight is 222 g/mol. The Labute approximate surface area is 95.7 Å². The quantitative estimate of drug-likeness (QED) is 0.777. The smallest absolute Gasteiger partial charge is 0.231 e. The van der Waals surface area contributed by atoms with Crippen molar-refractivity contribution in [2.24, 2.45) is 5.73 Å². The molecule has 0 fully saturated rings. The van der Waals surface area contributed by atoms with Gasteiger partial charge >= 0.3 is 0 Å². The normalized spacial score (nSPS) is 15.1. The van der Waals surface area contributed by atoms with Crippen molar-refractivity contribution in [2.45, 2.75) is 19.4 Å². The summed E-state index contributed by atoms with van der Waals surface area (Å²) in [5.74, 6) is 1.69. The molecule has 1 aliphatic rings. The van der Waals surface area contributed by atoms with Crippen molar-refractivity contribution in [1.82, 2.24) is 5.32 Å². The van der Waals surface area contributed by atoms with Crippen molar-refractivity contribution in [3.8, 4) is 11.5 Å². The molecule has 3 N–H and O–H groups in total. The van der Waals surface area contributed by atoms with Crippen LogP contribution in [-0.2, 0) is 6.42 Å². The van der Waals surface area contributed by atoms with Crippen LogP contribution in [0.1, 0.15) is 12.5 Å². The highest BCUT2D eigenvalue weighted by atomic mass is 16.7. The van der Waals surface area contributed by atoms with Gasteiger partial charge < -0.3 is 20.5 Å². The monoisotopic (exact) mass is 222 g/mol. The Kier molecular flexibility index (Phi) is 3.64. The Morgan fingerprint density at radius 3 is 3.00 bits per heavy atom. The van der Waals surface area contributed by atoms with Crippen molar-refractivity contribution in [3.05, 3.63) is 23.8 Å². The van der Waals surface area contributed by atoms with E-state index in [9.17, 15) is 0 Å². The molecular formula is C12H18N2O2. The molecule has 0 bridgehead atoms. The van der Waals surface area contributed by atoms with Gasteiger partial charge in [0.2, 0.25) is 6.79 Å². The van der Waals surface area contributed by atoms with Crippen LogP contribution in [0, 0.1) is 0 Å². The van der Waals surface area contributed by atoms with Crippen LogP contribution in [-0.4, -0.2) is 25.9 Å². The van der Waals surface area contributed by atoms with Crippen LogP contribution in [0.5, 0.6) is 11.5 Å². The van der Waals surface area contributed by atoms with E-state index in [1.807, 2.05) is 12.1 Å². The molecule has 2 rings (SSSR count). The number of hydrogen-bond donors (Lipinski definition) is 2. The molecule has 16 heavy (non-hydrogen) atoms. The first-order valence-electron chi connectivity index (χ1n) is 5.61. The number of fused-ring (bicyclic) bond motifs is 1. The first-order valence-corrected chi connectivity index (χ1v) is 5.61. The van der Waals surface area contributed by atoms with Crippen LogP contribution in [0.15, 0.2) is 18.2 Å². The lowest BCUT2D eigenvalue weighted by Gasteiger charge is -2.13. The van der Waals surface area contributed by atoms with Crippen molar-refractivity contribution >= 4 is 0 Å². The van der Waals surface area contributed by atoms with Gasteiger partial charge in [-0.05, 0) is 31.0 Å². The van der Waals surface area contributed by atoms with Crippen LogP contribution in [0.25, 0.3) is 0 Å². The van der Waals surface area contributed by atoms with Gasteiger partial charge in [-0.15, -0.1) is 0 Å². The Balaban J connectivity index is 1.94. The predicted octanol–water partition coefficient (Wildman–Crippen LogP) is 0.895. The van der Waals surface area contributed by atoms with Crippen molar-refractivity contribution in [3.63, 3.8) is 0 Å². The summed E-state index contributed by atoms with van der Waals surface area (Å²) in [5.41, 5.74) is 6.70. The van der Waals surface area contributed by atoms with E-state index in [-0.39, 0.29) is 0 Å². The molecule has 0 aliphatic carbocycles. The minimum Gasteiger partial charge on any atom is -0.454 e. The molecule has 1 aromatic rings. The van der Waals surface area contributed by atoms with E-state index < -0.39 is 0 Å². The summed E-state index contributed by atoms with van der Waals surface area (Å²) in [5, 5.41) is 3.35. The van der Waals surface area contributed by atoms with E-state index in [0.717, 1.165) is 24.5 Å². The molecule has 1 atom stereocenters. The second-order valence-electron chi connectivity index (χ2n) is 4.04. The molecule has 1 aromatic carbocycles. The Bertz CT molecular complexity index is 355. The van der Waals surface area contributed by atoms with Gasteiger partial charge in [-0.25, -0.2) is 0 Å². The molecule has 0 amide bonds. The molecule has 4 heteroatoms. The molecule has 88 valence electrons. The van der Waals surface area contributed by atoms with Crippen LogP contribution in [0.2, 0.25) is 0 Å². The zero-order chi connectivity index (χ0) is 11.4. The van der Waals surface area contributed by atoms with E-state index in [1.165, 1.54) is 5.56 Å². The summed E-state index contributed by atoms with van der Waals surface area (Å²) in [6.45, 7) is 4.01.